The third kappa shape index (κ3) is 4.03. The molecule has 4 aliphatic carbocycles. The number of hydrogen-bond donors (Lipinski definition) is 0. The van der Waals surface area contributed by atoms with Gasteiger partial charge in [0.15, 0.2) is 0 Å². The molecule has 0 unspecified atom stereocenters. The fourth-order valence-electron chi connectivity index (χ4n) is 12.8. The van der Waals surface area contributed by atoms with E-state index in [1.54, 1.807) is 0 Å². The van der Waals surface area contributed by atoms with E-state index in [-0.39, 0.29) is 0 Å². The molecule has 296 valence electrons. The van der Waals surface area contributed by atoms with Crippen LogP contribution in [0.25, 0.3) is 66.4 Å². The van der Waals surface area contributed by atoms with Gasteiger partial charge in [-0.25, -0.2) is 0 Å². The second kappa shape index (κ2) is 12.2. The van der Waals surface area contributed by atoms with Crippen LogP contribution < -0.4 is 4.90 Å². The standard InChI is InChI=1S/C62H37NO/c1-8-23-49-40(16-1)41-17-2-9-24-50(41)61(49)54-28-13-6-21-45(54)48-36-38(33-35-55(48)61)63(57-29-15-31-59-60(57)47-22-7-14-30-58(47)64-59)39-32-34-46-44-20-5-12-27-53(44)62(56(46)37-39)51-25-10-3-18-42(51)43-19-4-11-26-52(43)62/h1-37H. The molecule has 0 fully saturated rings. The maximum Gasteiger partial charge on any atom is 0.137 e. The fraction of sp³-hybridized carbons (Fsp3) is 0.0323. The molecule has 15 rings (SSSR count). The van der Waals surface area contributed by atoms with E-state index in [9.17, 15) is 0 Å². The summed E-state index contributed by atoms with van der Waals surface area (Å²) in [5.41, 5.74) is 25.2. The van der Waals surface area contributed by atoms with Gasteiger partial charge >= 0.3 is 0 Å². The van der Waals surface area contributed by atoms with E-state index < -0.39 is 10.8 Å². The summed E-state index contributed by atoms with van der Waals surface area (Å²) in [5, 5.41) is 2.20. The minimum Gasteiger partial charge on any atom is -0.456 e. The summed E-state index contributed by atoms with van der Waals surface area (Å²) in [6.07, 6.45) is 0. The molecule has 4 aliphatic rings. The van der Waals surface area contributed by atoms with Gasteiger partial charge in [-0.1, -0.05) is 182 Å². The van der Waals surface area contributed by atoms with Crippen molar-refractivity contribution in [1.29, 1.82) is 0 Å². The SMILES string of the molecule is c1ccc2c(c1)-c1ccccc1C21c2ccccc2-c2cc(N(c3ccc4c(c3)C3(c5ccccc5-c5ccccc53)c3ccccc3-4)c3cccc4oc5ccccc5c34)ccc21. The summed E-state index contributed by atoms with van der Waals surface area (Å²) in [6.45, 7) is 0. The Kier molecular flexibility index (Phi) is 6.58. The van der Waals surface area contributed by atoms with Crippen LogP contribution in [-0.2, 0) is 10.8 Å². The minimum absolute atomic E-state index is 0.418. The van der Waals surface area contributed by atoms with Crippen LogP contribution >= 0.6 is 0 Å². The van der Waals surface area contributed by atoms with Crippen molar-refractivity contribution in [2.24, 2.45) is 0 Å². The molecule has 0 bridgehead atoms. The van der Waals surface area contributed by atoms with E-state index in [0.29, 0.717) is 0 Å². The number of anilines is 3. The van der Waals surface area contributed by atoms with Crippen molar-refractivity contribution in [3.05, 3.63) is 269 Å². The average molecular weight is 812 g/mol. The molecular weight excluding hydrogens is 775 g/mol. The lowest BCUT2D eigenvalue weighted by Crippen LogP contribution is -2.26. The zero-order valence-corrected chi connectivity index (χ0v) is 34.7. The molecule has 0 N–H and O–H groups in total. The highest BCUT2D eigenvalue weighted by Crippen LogP contribution is 2.65. The van der Waals surface area contributed by atoms with Gasteiger partial charge < -0.3 is 9.32 Å². The number of rotatable bonds is 3. The smallest absolute Gasteiger partial charge is 0.137 e. The monoisotopic (exact) mass is 811 g/mol. The summed E-state index contributed by atoms with van der Waals surface area (Å²) < 4.78 is 6.61. The first-order chi connectivity index (χ1) is 31.8. The van der Waals surface area contributed by atoms with Crippen molar-refractivity contribution in [2.45, 2.75) is 10.8 Å². The Hall–Kier alpha value is -8.20. The molecule has 10 aromatic carbocycles. The topological polar surface area (TPSA) is 16.4 Å². The lowest BCUT2D eigenvalue weighted by atomic mass is 9.70. The van der Waals surface area contributed by atoms with Gasteiger partial charge in [0.2, 0.25) is 0 Å². The first-order valence-electron chi connectivity index (χ1n) is 22.3. The molecule has 0 atom stereocenters. The molecular formula is C62H37NO. The quantitative estimate of drug-likeness (QED) is 0.177. The van der Waals surface area contributed by atoms with Gasteiger partial charge in [-0.05, 0) is 131 Å². The molecule has 2 heteroatoms. The number of hydrogen-bond acceptors (Lipinski definition) is 2. The Balaban J connectivity index is 1.03. The van der Waals surface area contributed by atoms with Gasteiger partial charge in [0.1, 0.15) is 11.2 Å². The zero-order chi connectivity index (χ0) is 41.7. The molecule has 0 saturated heterocycles. The van der Waals surface area contributed by atoms with Crippen LogP contribution in [-0.4, -0.2) is 0 Å². The van der Waals surface area contributed by atoms with Gasteiger partial charge in [0.05, 0.1) is 21.9 Å². The highest BCUT2D eigenvalue weighted by atomic mass is 16.3. The van der Waals surface area contributed by atoms with Crippen LogP contribution in [0.4, 0.5) is 17.1 Å². The summed E-state index contributed by atoms with van der Waals surface area (Å²) in [7, 11) is 0. The summed E-state index contributed by atoms with van der Waals surface area (Å²) in [4.78, 5) is 2.50. The molecule has 2 spiro atoms. The minimum atomic E-state index is -0.471. The Morgan fingerprint density at radius 1 is 0.281 bits per heavy atom. The van der Waals surface area contributed by atoms with Crippen molar-refractivity contribution < 1.29 is 4.42 Å². The number of para-hydroxylation sites is 1. The lowest BCUT2D eigenvalue weighted by Gasteiger charge is -2.33. The number of furan rings is 1. The van der Waals surface area contributed by atoms with Gasteiger partial charge in [-0.3, -0.25) is 0 Å². The van der Waals surface area contributed by atoms with E-state index in [0.717, 1.165) is 39.0 Å². The van der Waals surface area contributed by atoms with Crippen molar-refractivity contribution in [1.82, 2.24) is 0 Å². The first kappa shape index (κ1) is 34.4. The largest absolute Gasteiger partial charge is 0.456 e. The fourth-order valence-corrected chi connectivity index (χ4v) is 12.8. The first-order valence-corrected chi connectivity index (χ1v) is 22.3. The second-order valence-corrected chi connectivity index (χ2v) is 17.8. The van der Waals surface area contributed by atoms with Crippen LogP contribution in [0.3, 0.4) is 0 Å². The summed E-state index contributed by atoms with van der Waals surface area (Å²) in [6, 6.07) is 83.8. The second-order valence-electron chi connectivity index (χ2n) is 17.8. The molecule has 0 aliphatic heterocycles. The van der Waals surface area contributed by atoms with E-state index >= 15 is 0 Å². The zero-order valence-electron chi connectivity index (χ0n) is 34.7. The molecule has 1 heterocycles. The number of nitrogens with zero attached hydrogens (tertiary/aromatic N) is 1. The normalized spacial score (nSPS) is 14.5. The van der Waals surface area contributed by atoms with Crippen molar-refractivity contribution in [3.8, 4) is 44.5 Å². The van der Waals surface area contributed by atoms with E-state index in [1.165, 1.54) is 89.0 Å². The third-order valence-corrected chi connectivity index (χ3v) is 15.1. The molecule has 0 radical (unpaired) electrons. The molecule has 2 nitrogen and oxygen atoms in total. The van der Waals surface area contributed by atoms with Crippen LogP contribution in [0.1, 0.15) is 44.5 Å². The predicted molar refractivity (Wildman–Crippen MR) is 261 cm³/mol. The van der Waals surface area contributed by atoms with Crippen molar-refractivity contribution in [2.75, 3.05) is 4.90 Å². The Morgan fingerprint density at radius 2 is 0.672 bits per heavy atom. The summed E-state index contributed by atoms with van der Waals surface area (Å²) >= 11 is 0. The number of benzene rings is 10. The van der Waals surface area contributed by atoms with Crippen LogP contribution in [0.2, 0.25) is 0 Å². The van der Waals surface area contributed by atoms with Gasteiger partial charge in [0, 0.05) is 16.8 Å². The lowest BCUT2D eigenvalue weighted by molar-refractivity contribution is 0.669. The highest BCUT2D eigenvalue weighted by Gasteiger charge is 2.53. The Bertz CT molecular complexity index is 3720. The maximum atomic E-state index is 6.61. The molecule has 0 saturated carbocycles. The van der Waals surface area contributed by atoms with E-state index in [2.05, 4.69) is 229 Å². The van der Waals surface area contributed by atoms with Gasteiger partial charge in [-0.15, -0.1) is 0 Å². The predicted octanol–water partition coefficient (Wildman–Crippen LogP) is 15.7. The summed E-state index contributed by atoms with van der Waals surface area (Å²) in [5.74, 6) is 0. The van der Waals surface area contributed by atoms with Gasteiger partial charge in [0.25, 0.3) is 0 Å². The maximum absolute atomic E-state index is 6.61. The molecule has 1 aromatic heterocycles. The van der Waals surface area contributed by atoms with Crippen LogP contribution in [0.15, 0.2) is 229 Å². The molecule has 11 aromatic rings. The number of fused-ring (bicyclic) bond motifs is 23. The Morgan fingerprint density at radius 3 is 1.22 bits per heavy atom. The van der Waals surface area contributed by atoms with Crippen LogP contribution in [0.5, 0.6) is 0 Å². The van der Waals surface area contributed by atoms with Crippen molar-refractivity contribution in [3.63, 3.8) is 0 Å². The van der Waals surface area contributed by atoms with Gasteiger partial charge in [-0.2, -0.15) is 0 Å². The molecule has 0 amide bonds. The molecule has 64 heavy (non-hydrogen) atoms. The van der Waals surface area contributed by atoms with E-state index in [1.807, 2.05) is 0 Å². The van der Waals surface area contributed by atoms with Crippen molar-refractivity contribution >= 4 is 39.0 Å². The van der Waals surface area contributed by atoms with Crippen LogP contribution in [0, 0.1) is 0 Å². The van der Waals surface area contributed by atoms with E-state index in [4.69, 9.17) is 4.42 Å². The third-order valence-electron chi connectivity index (χ3n) is 15.1. The highest BCUT2D eigenvalue weighted by molar-refractivity contribution is 6.14. The Labute approximate surface area is 371 Å². The average Bonchev–Trinajstić information content (AvgIpc) is 4.13.